The number of halogens is 1. The third-order valence-electron chi connectivity index (χ3n) is 2.38. The second kappa shape index (κ2) is 5.85. The molecule has 0 unspecified atom stereocenters. The molecular formula is C11H10ClN3O3S. The lowest BCUT2D eigenvalue weighted by Crippen LogP contribution is -2.01. The van der Waals surface area contributed by atoms with Crippen molar-refractivity contribution in [3.05, 3.63) is 43.9 Å². The van der Waals surface area contributed by atoms with Crippen molar-refractivity contribution in [1.29, 1.82) is 0 Å². The van der Waals surface area contributed by atoms with E-state index in [1.54, 1.807) is 18.3 Å². The van der Waals surface area contributed by atoms with Crippen molar-refractivity contribution in [3.8, 4) is 5.75 Å². The summed E-state index contributed by atoms with van der Waals surface area (Å²) in [5.41, 5.74) is 0.394. The molecule has 8 heteroatoms. The van der Waals surface area contributed by atoms with Crippen LogP contribution in [0.25, 0.3) is 0 Å². The third-order valence-corrected chi connectivity index (χ3v) is 3.49. The molecule has 0 radical (unpaired) electrons. The fourth-order valence-electron chi connectivity index (χ4n) is 1.49. The summed E-state index contributed by atoms with van der Waals surface area (Å²) in [6, 6.07) is 4.65. The maximum Gasteiger partial charge on any atom is 0.296 e. The molecule has 100 valence electrons. The zero-order chi connectivity index (χ0) is 13.8. The smallest absolute Gasteiger partial charge is 0.296 e. The first-order valence-corrected chi connectivity index (χ1v) is 6.46. The van der Waals surface area contributed by atoms with Gasteiger partial charge in [0.05, 0.1) is 24.6 Å². The van der Waals surface area contributed by atoms with Gasteiger partial charge in [-0.2, -0.15) is 0 Å². The normalized spacial score (nSPS) is 10.2. The van der Waals surface area contributed by atoms with Gasteiger partial charge in [-0.05, 0) is 12.1 Å². The molecule has 1 N–H and O–H groups in total. The van der Waals surface area contributed by atoms with E-state index in [-0.39, 0.29) is 5.69 Å². The summed E-state index contributed by atoms with van der Waals surface area (Å²) in [5, 5.41) is 14.0. The van der Waals surface area contributed by atoms with Gasteiger partial charge in [-0.15, -0.1) is 11.3 Å². The SMILES string of the molecule is COc1ccc(NCc2cnc(Cl)s2)c([N+](=O)[O-])c1. The number of hydrogen-bond donors (Lipinski definition) is 1. The van der Waals surface area contributed by atoms with E-state index >= 15 is 0 Å². The van der Waals surface area contributed by atoms with E-state index in [4.69, 9.17) is 16.3 Å². The van der Waals surface area contributed by atoms with E-state index in [1.807, 2.05) is 0 Å². The number of aromatic nitrogens is 1. The first kappa shape index (κ1) is 13.6. The number of nitrogens with zero attached hydrogens (tertiary/aromatic N) is 2. The second-order valence-corrected chi connectivity index (χ2v) is 5.27. The lowest BCUT2D eigenvalue weighted by molar-refractivity contribution is -0.384. The summed E-state index contributed by atoms with van der Waals surface area (Å²) >= 11 is 7.04. The second-order valence-electron chi connectivity index (χ2n) is 3.57. The fraction of sp³-hybridized carbons (Fsp3) is 0.182. The van der Waals surface area contributed by atoms with Crippen molar-refractivity contribution in [3.63, 3.8) is 0 Å². The van der Waals surface area contributed by atoms with E-state index < -0.39 is 4.92 Å². The van der Waals surface area contributed by atoms with Crippen LogP contribution in [-0.4, -0.2) is 17.0 Å². The average molecular weight is 300 g/mol. The highest BCUT2D eigenvalue weighted by Crippen LogP contribution is 2.29. The monoisotopic (exact) mass is 299 g/mol. The Hall–Kier alpha value is -1.86. The fourth-order valence-corrected chi connectivity index (χ4v) is 2.40. The number of nitrogens with one attached hydrogen (secondary N) is 1. The number of rotatable bonds is 5. The van der Waals surface area contributed by atoms with Gasteiger partial charge in [-0.1, -0.05) is 11.6 Å². The van der Waals surface area contributed by atoms with Crippen LogP contribution in [-0.2, 0) is 6.54 Å². The van der Waals surface area contributed by atoms with Gasteiger partial charge in [-0.25, -0.2) is 4.98 Å². The zero-order valence-electron chi connectivity index (χ0n) is 9.92. The van der Waals surface area contributed by atoms with E-state index in [0.717, 1.165) is 4.88 Å². The summed E-state index contributed by atoms with van der Waals surface area (Å²) in [5.74, 6) is 0.443. The minimum atomic E-state index is -0.454. The minimum absolute atomic E-state index is 0.0324. The summed E-state index contributed by atoms with van der Waals surface area (Å²) in [6.07, 6.45) is 1.63. The van der Waals surface area contributed by atoms with Crippen LogP contribution < -0.4 is 10.1 Å². The Morgan fingerprint density at radius 1 is 1.58 bits per heavy atom. The van der Waals surface area contributed by atoms with Crippen molar-refractivity contribution < 1.29 is 9.66 Å². The Balaban J connectivity index is 2.17. The van der Waals surface area contributed by atoms with E-state index in [9.17, 15) is 10.1 Å². The summed E-state index contributed by atoms with van der Waals surface area (Å²) in [4.78, 5) is 15.3. The van der Waals surface area contributed by atoms with E-state index in [2.05, 4.69) is 10.3 Å². The average Bonchev–Trinajstić information content (AvgIpc) is 2.82. The summed E-state index contributed by atoms with van der Waals surface area (Å²) < 4.78 is 5.41. The van der Waals surface area contributed by atoms with Gasteiger partial charge in [0, 0.05) is 11.1 Å². The Morgan fingerprint density at radius 2 is 2.37 bits per heavy atom. The Bertz CT molecular complexity index is 603. The number of ether oxygens (including phenoxy) is 1. The molecule has 0 saturated carbocycles. The van der Waals surface area contributed by atoms with Crippen molar-refractivity contribution in [2.45, 2.75) is 6.54 Å². The first-order chi connectivity index (χ1) is 9.10. The number of nitro benzene ring substituents is 1. The maximum absolute atomic E-state index is 11.0. The lowest BCUT2D eigenvalue weighted by atomic mass is 10.2. The predicted molar refractivity (Wildman–Crippen MR) is 74.1 cm³/mol. The summed E-state index contributed by atoms with van der Waals surface area (Å²) in [7, 11) is 1.46. The van der Waals surface area contributed by atoms with Crippen LogP contribution in [0, 0.1) is 10.1 Å². The number of anilines is 1. The van der Waals surface area contributed by atoms with Gasteiger partial charge >= 0.3 is 0 Å². The van der Waals surface area contributed by atoms with E-state index in [1.165, 1.54) is 24.5 Å². The number of thiazole rings is 1. The number of methoxy groups -OCH3 is 1. The Morgan fingerprint density at radius 3 is 2.95 bits per heavy atom. The van der Waals surface area contributed by atoms with Crippen LogP contribution in [0.4, 0.5) is 11.4 Å². The molecule has 0 saturated heterocycles. The molecule has 0 fully saturated rings. The molecule has 0 aliphatic heterocycles. The number of nitro groups is 1. The van der Waals surface area contributed by atoms with Gasteiger partial charge in [0.2, 0.25) is 0 Å². The predicted octanol–water partition coefficient (Wildman–Crippen LogP) is 3.33. The van der Waals surface area contributed by atoms with Crippen molar-refractivity contribution in [2.24, 2.45) is 0 Å². The van der Waals surface area contributed by atoms with Crippen molar-refractivity contribution in [1.82, 2.24) is 4.98 Å². The number of hydrogen-bond acceptors (Lipinski definition) is 6. The molecule has 2 rings (SSSR count). The molecule has 0 bridgehead atoms. The van der Waals surface area contributed by atoms with E-state index in [0.29, 0.717) is 22.4 Å². The molecule has 19 heavy (non-hydrogen) atoms. The first-order valence-electron chi connectivity index (χ1n) is 5.26. The molecule has 0 spiro atoms. The van der Waals surface area contributed by atoms with Crippen LogP contribution in [0.3, 0.4) is 0 Å². The molecule has 1 aromatic heterocycles. The van der Waals surface area contributed by atoms with Gasteiger partial charge in [0.1, 0.15) is 11.4 Å². The van der Waals surface area contributed by atoms with Crippen molar-refractivity contribution in [2.75, 3.05) is 12.4 Å². The van der Waals surface area contributed by atoms with Crippen LogP contribution in [0.1, 0.15) is 4.88 Å². The third kappa shape index (κ3) is 3.33. The lowest BCUT2D eigenvalue weighted by Gasteiger charge is -2.07. The van der Waals surface area contributed by atoms with Gasteiger partial charge in [0.15, 0.2) is 4.47 Å². The molecule has 0 aliphatic rings. The van der Waals surface area contributed by atoms with Crippen LogP contribution in [0.2, 0.25) is 4.47 Å². The number of benzene rings is 1. The Kier molecular flexibility index (Phi) is 4.18. The molecule has 1 aromatic carbocycles. The standard InChI is InChI=1S/C11H10ClN3O3S/c1-18-7-2-3-9(10(4-7)15(16)17)13-5-8-6-14-11(12)19-8/h2-4,6,13H,5H2,1H3. The molecule has 0 atom stereocenters. The maximum atomic E-state index is 11.0. The molecule has 2 aromatic rings. The quantitative estimate of drug-likeness (QED) is 0.677. The molecule has 0 aliphatic carbocycles. The van der Waals surface area contributed by atoms with Crippen LogP contribution in [0.15, 0.2) is 24.4 Å². The molecule has 1 heterocycles. The highest BCUT2D eigenvalue weighted by molar-refractivity contribution is 7.15. The van der Waals surface area contributed by atoms with Gasteiger partial charge in [0.25, 0.3) is 5.69 Å². The molecule has 0 amide bonds. The van der Waals surface area contributed by atoms with Crippen LogP contribution in [0.5, 0.6) is 5.75 Å². The highest BCUT2D eigenvalue weighted by atomic mass is 35.5. The van der Waals surface area contributed by atoms with Crippen LogP contribution >= 0.6 is 22.9 Å². The topological polar surface area (TPSA) is 77.3 Å². The Labute approximate surface area is 118 Å². The van der Waals surface area contributed by atoms with Gasteiger partial charge < -0.3 is 10.1 Å². The van der Waals surface area contributed by atoms with Crippen molar-refractivity contribution >= 4 is 34.3 Å². The highest BCUT2D eigenvalue weighted by Gasteiger charge is 2.15. The minimum Gasteiger partial charge on any atom is -0.496 e. The molecule has 6 nitrogen and oxygen atoms in total. The van der Waals surface area contributed by atoms with Gasteiger partial charge in [-0.3, -0.25) is 10.1 Å². The summed E-state index contributed by atoms with van der Waals surface area (Å²) in [6.45, 7) is 0.428. The molecular weight excluding hydrogens is 290 g/mol. The largest absolute Gasteiger partial charge is 0.496 e. The zero-order valence-corrected chi connectivity index (χ0v) is 11.5.